The van der Waals surface area contributed by atoms with E-state index in [1.54, 1.807) is 7.11 Å². The van der Waals surface area contributed by atoms with Crippen LogP contribution in [0.15, 0.2) is 18.2 Å². The Labute approximate surface area is 113 Å². The highest BCUT2D eigenvalue weighted by Gasteiger charge is 2.30. The highest BCUT2D eigenvalue weighted by molar-refractivity contribution is 6.32. The zero-order valence-electron chi connectivity index (χ0n) is 11.1. The van der Waals surface area contributed by atoms with Crippen molar-refractivity contribution >= 4 is 11.6 Å². The second-order valence-electron chi connectivity index (χ2n) is 4.80. The van der Waals surface area contributed by atoms with Gasteiger partial charge in [0.15, 0.2) is 0 Å². The Bertz CT molecular complexity index is 411. The summed E-state index contributed by atoms with van der Waals surface area (Å²) >= 11 is 6.06. The van der Waals surface area contributed by atoms with Gasteiger partial charge in [-0.3, -0.25) is 0 Å². The summed E-state index contributed by atoms with van der Waals surface area (Å²) in [7, 11) is 3.62. The van der Waals surface area contributed by atoms with Gasteiger partial charge in [-0.05, 0) is 38.1 Å². The Hall–Kier alpha value is -0.770. The maximum absolute atomic E-state index is 6.06. The minimum absolute atomic E-state index is 0.279. The van der Waals surface area contributed by atoms with Gasteiger partial charge in [-0.2, -0.15) is 0 Å². The van der Waals surface area contributed by atoms with Crippen molar-refractivity contribution in [3.8, 4) is 5.75 Å². The predicted octanol–water partition coefficient (Wildman–Crippen LogP) is 3.03. The van der Waals surface area contributed by atoms with Crippen LogP contribution in [0.5, 0.6) is 5.75 Å². The Morgan fingerprint density at radius 3 is 2.83 bits per heavy atom. The first-order valence-corrected chi connectivity index (χ1v) is 6.65. The Morgan fingerprint density at radius 2 is 2.28 bits per heavy atom. The van der Waals surface area contributed by atoms with Crippen LogP contribution in [0.2, 0.25) is 5.02 Å². The van der Waals surface area contributed by atoms with Crippen molar-refractivity contribution in [1.82, 2.24) is 5.32 Å². The van der Waals surface area contributed by atoms with Crippen LogP contribution in [0.4, 0.5) is 0 Å². The fourth-order valence-corrected chi connectivity index (χ4v) is 2.82. The van der Waals surface area contributed by atoms with Crippen LogP contribution >= 0.6 is 11.6 Å². The summed E-state index contributed by atoms with van der Waals surface area (Å²) in [4.78, 5) is 0. The van der Waals surface area contributed by atoms with E-state index in [4.69, 9.17) is 21.1 Å². The molecule has 3 nitrogen and oxygen atoms in total. The first-order chi connectivity index (χ1) is 8.65. The molecule has 0 amide bonds. The molecule has 1 aliphatic rings. The van der Waals surface area contributed by atoms with Crippen LogP contribution in [-0.2, 0) is 4.74 Å². The van der Waals surface area contributed by atoms with Crippen LogP contribution < -0.4 is 10.1 Å². The molecule has 1 aliphatic heterocycles. The third kappa shape index (κ3) is 2.79. The van der Waals surface area contributed by atoms with E-state index in [0.717, 1.165) is 18.8 Å². The molecule has 2 rings (SSSR count). The molecule has 1 heterocycles. The van der Waals surface area contributed by atoms with Gasteiger partial charge >= 0.3 is 0 Å². The van der Waals surface area contributed by atoms with Gasteiger partial charge in [0, 0.05) is 12.0 Å². The fraction of sp³-hybridized carbons (Fsp3) is 0.571. The Morgan fingerprint density at radius 1 is 1.50 bits per heavy atom. The minimum Gasteiger partial charge on any atom is -0.495 e. The molecule has 0 aliphatic carbocycles. The first kappa shape index (κ1) is 13.7. The van der Waals surface area contributed by atoms with Crippen LogP contribution in [0, 0.1) is 5.92 Å². The summed E-state index contributed by atoms with van der Waals surface area (Å²) in [6, 6.07) is 6.22. The van der Waals surface area contributed by atoms with E-state index in [2.05, 4.69) is 18.3 Å². The number of benzene rings is 1. The molecular weight excluding hydrogens is 250 g/mol. The average Bonchev–Trinajstić information content (AvgIpc) is 2.79. The molecule has 3 atom stereocenters. The quantitative estimate of drug-likeness (QED) is 0.911. The van der Waals surface area contributed by atoms with E-state index in [0.29, 0.717) is 17.0 Å². The van der Waals surface area contributed by atoms with Gasteiger partial charge in [0.2, 0.25) is 0 Å². The van der Waals surface area contributed by atoms with Crippen molar-refractivity contribution in [1.29, 1.82) is 0 Å². The lowest BCUT2D eigenvalue weighted by molar-refractivity contribution is 0.117. The van der Waals surface area contributed by atoms with E-state index >= 15 is 0 Å². The number of methoxy groups -OCH3 is 1. The molecule has 4 heteroatoms. The second-order valence-corrected chi connectivity index (χ2v) is 5.21. The monoisotopic (exact) mass is 269 g/mol. The van der Waals surface area contributed by atoms with Gasteiger partial charge in [-0.1, -0.05) is 17.7 Å². The van der Waals surface area contributed by atoms with E-state index in [1.165, 1.54) is 5.56 Å². The van der Waals surface area contributed by atoms with Crippen LogP contribution in [0.3, 0.4) is 0 Å². The smallest absolute Gasteiger partial charge is 0.137 e. The third-order valence-electron chi connectivity index (χ3n) is 3.55. The molecule has 0 radical (unpaired) electrons. The van der Waals surface area contributed by atoms with Crippen molar-refractivity contribution < 1.29 is 9.47 Å². The molecule has 1 aromatic carbocycles. The minimum atomic E-state index is 0.279. The average molecular weight is 270 g/mol. The van der Waals surface area contributed by atoms with Gasteiger partial charge < -0.3 is 14.8 Å². The number of ether oxygens (including phenoxy) is 2. The van der Waals surface area contributed by atoms with Crippen LogP contribution in [-0.4, -0.2) is 26.9 Å². The largest absolute Gasteiger partial charge is 0.495 e. The number of hydrogen-bond donors (Lipinski definition) is 1. The highest BCUT2D eigenvalue weighted by atomic mass is 35.5. The van der Waals surface area contributed by atoms with Gasteiger partial charge in [0.1, 0.15) is 5.75 Å². The van der Waals surface area contributed by atoms with Gasteiger partial charge in [0.05, 0.1) is 24.8 Å². The molecule has 100 valence electrons. The predicted molar refractivity (Wildman–Crippen MR) is 73.3 cm³/mol. The molecule has 18 heavy (non-hydrogen) atoms. The molecular formula is C14H20ClNO2. The van der Waals surface area contributed by atoms with Crippen molar-refractivity contribution in [3.05, 3.63) is 28.8 Å². The lowest BCUT2D eigenvalue weighted by Crippen LogP contribution is -2.25. The molecule has 1 fully saturated rings. The summed E-state index contributed by atoms with van der Waals surface area (Å²) in [5, 5.41) is 4.02. The zero-order chi connectivity index (χ0) is 13.1. The van der Waals surface area contributed by atoms with Crippen molar-refractivity contribution in [3.63, 3.8) is 0 Å². The number of halogens is 1. The van der Waals surface area contributed by atoms with Crippen molar-refractivity contribution in [2.24, 2.45) is 5.92 Å². The van der Waals surface area contributed by atoms with Crippen LogP contribution in [0.25, 0.3) is 0 Å². The van der Waals surface area contributed by atoms with E-state index in [1.807, 2.05) is 19.2 Å². The summed E-state index contributed by atoms with van der Waals surface area (Å²) < 4.78 is 10.9. The summed E-state index contributed by atoms with van der Waals surface area (Å²) in [6.45, 7) is 2.92. The third-order valence-corrected chi connectivity index (χ3v) is 3.86. The summed E-state index contributed by atoms with van der Waals surface area (Å²) in [5.74, 6) is 1.22. The number of rotatable bonds is 4. The lowest BCUT2D eigenvalue weighted by atomic mass is 9.91. The molecule has 1 saturated heterocycles. The van der Waals surface area contributed by atoms with E-state index in [-0.39, 0.29) is 6.04 Å². The van der Waals surface area contributed by atoms with Gasteiger partial charge in [-0.15, -0.1) is 0 Å². The maximum Gasteiger partial charge on any atom is 0.137 e. The fourth-order valence-electron chi connectivity index (χ4n) is 2.63. The normalized spacial score (nSPS) is 25.1. The molecule has 0 aromatic heterocycles. The second kappa shape index (κ2) is 5.91. The summed E-state index contributed by atoms with van der Waals surface area (Å²) in [6.07, 6.45) is 1.43. The molecule has 1 aromatic rings. The Kier molecular flexibility index (Phi) is 4.49. The molecule has 0 spiro atoms. The standard InChI is InChI=1S/C14H20ClNO2/c1-9-6-11(8-18-9)14(16-2)10-4-5-12(15)13(7-10)17-3/h4-5,7,9,11,14,16H,6,8H2,1-3H3. The molecule has 0 saturated carbocycles. The number of hydrogen-bond acceptors (Lipinski definition) is 3. The van der Waals surface area contributed by atoms with E-state index < -0.39 is 0 Å². The topological polar surface area (TPSA) is 30.5 Å². The SMILES string of the molecule is CNC(c1ccc(Cl)c(OC)c1)C1COC(C)C1. The van der Waals surface area contributed by atoms with Crippen molar-refractivity contribution in [2.45, 2.75) is 25.5 Å². The zero-order valence-corrected chi connectivity index (χ0v) is 11.8. The van der Waals surface area contributed by atoms with Gasteiger partial charge in [-0.25, -0.2) is 0 Å². The maximum atomic E-state index is 6.06. The van der Waals surface area contributed by atoms with Crippen molar-refractivity contribution in [2.75, 3.05) is 20.8 Å². The first-order valence-electron chi connectivity index (χ1n) is 6.28. The van der Waals surface area contributed by atoms with Crippen LogP contribution in [0.1, 0.15) is 24.9 Å². The van der Waals surface area contributed by atoms with Gasteiger partial charge in [0.25, 0.3) is 0 Å². The highest BCUT2D eigenvalue weighted by Crippen LogP contribution is 2.34. The molecule has 0 bridgehead atoms. The Balaban J connectivity index is 2.22. The van der Waals surface area contributed by atoms with E-state index in [9.17, 15) is 0 Å². The lowest BCUT2D eigenvalue weighted by Gasteiger charge is -2.23. The molecule has 3 unspecified atom stereocenters. The number of nitrogens with one attached hydrogen (secondary N) is 1. The molecule has 1 N–H and O–H groups in total. The summed E-state index contributed by atoms with van der Waals surface area (Å²) in [5.41, 5.74) is 1.20.